The van der Waals surface area contributed by atoms with E-state index in [1.807, 2.05) is 0 Å². The molecule has 3 nitrogen and oxygen atoms in total. The van der Waals surface area contributed by atoms with E-state index < -0.39 is 0 Å². The minimum absolute atomic E-state index is 0.277. The Bertz CT molecular complexity index is 352. The number of rotatable bonds is 14. The summed E-state index contributed by atoms with van der Waals surface area (Å²) in [7, 11) is 0. The van der Waals surface area contributed by atoms with Gasteiger partial charge in [-0.05, 0) is 32.6 Å². The number of hydrogen-bond donors (Lipinski definition) is 1. The summed E-state index contributed by atoms with van der Waals surface area (Å²) in [5.74, 6) is 1.35. The zero-order valence-electron chi connectivity index (χ0n) is 15.6. The average molecular weight is 324 g/mol. The molecule has 134 valence electrons. The third kappa shape index (κ3) is 7.63. The SMILES string of the molecule is CCC/C=C/CCCCCCCCC1=NCC[N+]1(CC)CCO. The van der Waals surface area contributed by atoms with Crippen molar-refractivity contribution in [1.82, 2.24) is 0 Å². The first kappa shape index (κ1) is 20.4. The van der Waals surface area contributed by atoms with Gasteiger partial charge in [0.15, 0.2) is 5.84 Å². The van der Waals surface area contributed by atoms with Crippen LogP contribution in [0.15, 0.2) is 17.1 Å². The number of aliphatic hydroxyl groups excluding tert-OH is 1. The monoisotopic (exact) mass is 323 g/mol. The minimum Gasteiger partial charge on any atom is -0.390 e. The second-order valence-electron chi connectivity index (χ2n) is 6.85. The van der Waals surface area contributed by atoms with Gasteiger partial charge >= 0.3 is 0 Å². The molecular weight excluding hydrogens is 284 g/mol. The van der Waals surface area contributed by atoms with E-state index in [1.54, 1.807) is 0 Å². The molecule has 0 aromatic heterocycles. The fraction of sp³-hybridized carbons (Fsp3) is 0.850. The third-order valence-corrected chi connectivity index (χ3v) is 5.15. The summed E-state index contributed by atoms with van der Waals surface area (Å²) in [6.45, 7) is 8.71. The fourth-order valence-corrected chi connectivity index (χ4v) is 3.55. The van der Waals surface area contributed by atoms with E-state index in [0.29, 0.717) is 0 Å². The fourth-order valence-electron chi connectivity index (χ4n) is 3.55. The van der Waals surface area contributed by atoms with E-state index in [0.717, 1.165) is 37.1 Å². The molecule has 1 aliphatic rings. The van der Waals surface area contributed by atoms with Crippen LogP contribution in [0.3, 0.4) is 0 Å². The molecule has 1 atom stereocenters. The van der Waals surface area contributed by atoms with Gasteiger partial charge in [0.2, 0.25) is 0 Å². The first-order valence-electron chi connectivity index (χ1n) is 9.95. The van der Waals surface area contributed by atoms with E-state index in [9.17, 15) is 5.11 Å². The van der Waals surface area contributed by atoms with Crippen molar-refractivity contribution in [2.24, 2.45) is 4.99 Å². The summed E-state index contributed by atoms with van der Waals surface area (Å²) in [4.78, 5) is 4.73. The lowest BCUT2D eigenvalue weighted by atomic mass is 10.1. The summed E-state index contributed by atoms with van der Waals surface area (Å²) in [6, 6.07) is 0. The smallest absolute Gasteiger partial charge is 0.198 e. The standard InChI is InChI=1S/C20H39N2O/c1-3-5-6-7-8-9-10-11-12-13-14-15-20-21-16-17-22(20,4-2)18-19-23/h6-7,23H,3-5,8-19H2,1-2H3/q+1/b7-6+. The van der Waals surface area contributed by atoms with Crippen LogP contribution in [0.2, 0.25) is 0 Å². The van der Waals surface area contributed by atoms with E-state index in [-0.39, 0.29) is 6.61 Å². The average Bonchev–Trinajstić information content (AvgIpc) is 2.96. The van der Waals surface area contributed by atoms with Gasteiger partial charge in [-0.25, -0.2) is 4.99 Å². The molecule has 0 bridgehead atoms. The Hall–Kier alpha value is -0.670. The Morgan fingerprint density at radius 3 is 2.39 bits per heavy atom. The topological polar surface area (TPSA) is 32.6 Å². The number of allylic oxidation sites excluding steroid dienone is 2. The molecule has 1 N–H and O–H groups in total. The van der Waals surface area contributed by atoms with Crippen molar-refractivity contribution in [2.45, 2.75) is 78.1 Å². The van der Waals surface area contributed by atoms with Crippen LogP contribution in [-0.4, -0.2) is 48.2 Å². The summed E-state index contributed by atoms with van der Waals surface area (Å²) < 4.78 is 0.945. The molecule has 1 aliphatic heterocycles. The first-order valence-corrected chi connectivity index (χ1v) is 9.95. The Kier molecular flexibility index (Phi) is 11.3. The van der Waals surface area contributed by atoms with Crippen LogP contribution >= 0.6 is 0 Å². The Balaban J connectivity index is 2.04. The van der Waals surface area contributed by atoms with Crippen LogP contribution in [-0.2, 0) is 0 Å². The van der Waals surface area contributed by atoms with Crippen molar-refractivity contribution in [2.75, 3.05) is 32.8 Å². The van der Waals surface area contributed by atoms with Gasteiger partial charge in [0.05, 0.1) is 19.7 Å². The largest absolute Gasteiger partial charge is 0.390 e. The number of aliphatic hydroxyl groups is 1. The molecule has 0 fully saturated rings. The van der Waals surface area contributed by atoms with Crippen LogP contribution in [0, 0.1) is 0 Å². The summed E-state index contributed by atoms with van der Waals surface area (Å²) in [5.41, 5.74) is 0. The Morgan fingerprint density at radius 1 is 1.00 bits per heavy atom. The number of amidine groups is 1. The van der Waals surface area contributed by atoms with E-state index >= 15 is 0 Å². The molecule has 1 rings (SSSR count). The van der Waals surface area contributed by atoms with E-state index in [1.165, 1.54) is 63.6 Å². The van der Waals surface area contributed by atoms with Crippen LogP contribution in [0.25, 0.3) is 0 Å². The number of likely N-dealkylation sites (N-methyl/N-ethyl adjacent to an activating group) is 1. The zero-order valence-corrected chi connectivity index (χ0v) is 15.6. The van der Waals surface area contributed by atoms with Crippen LogP contribution in [0.4, 0.5) is 0 Å². The highest BCUT2D eigenvalue weighted by molar-refractivity contribution is 5.76. The van der Waals surface area contributed by atoms with Gasteiger partial charge in [-0.1, -0.05) is 51.2 Å². The minimum atomic E-state index is 0.277. The van der Waals surface area contributed by atoms with Gasteiger partial charge in [0, 0.05) is 6.42 Å². The molecule has 0 saturated carbocycles. The predicted molar refractivity (Wildman–Crippen MR) is 101 cm³/mol. The quantitative estimate of drug-likeness (QED) is 0.280. The molecular formula is C20H39N2O+. The summed E-state index contributed by atoms with van der Waals surface area (Å²) in [5, 5.41) is 9.33. The van der Waals surface area contributed by atoms with Gasteiger partial charge in [-0.15, -0.1) is 0 Å². The van der Waals surface area contributed by atoms with Crippen molar-refractivity contribution in [3.05, 3.63) is 12.2 Å². The van der Waals surface area contributed by atoms with Crippen molar-refractivity contribution >= 4 is 5.84 Å². The molecule has 3 heteroatoms. The molecule has 0 spiro atoms. The van der Waals surface area contributed by atoms with Crippen molar-refractivity contribution in [3.8, 4) is 0 Å². The molecule has 1 heterocycles. The lowest BCUT2D eigenvalue weighted by molar-refractivity contribution is -0.835. The van der Waals surface area contributed by atoms with Crippen LogP contribution < -0.4 is 0 Å². The molecule has 0 aliphatic carbocycles. The Morgan fingerprint density at radius 2 is 1.70 bits per heavy atom. The maximum absolute atomic E-state index is 9.33. The molecule has 0 radical (unpaired) electrons. The lowest BCUT2D eigenvalue weighted by Crippen LogP contribution is -2.52. The van der Waals surface area contributed by atoms with Crippen LogP contribution in [0.1, 0.15) is 78.1 Å². The van der Waals surface area contributed by atoms with Gasteiger partial charge in [-0.2, -0.15) is 0 Å². The molecule has 0 amide bonds. The Labute approximate surface area is 144 Å². The number of unbranched alkanes of at least 4 members (excludes halogenated alkanes) is 7. The molecule has 0 aromatic rings. The summed E-state index contributed by atoms with van der Waals surface area (Å²) in [6.07, 6.45) is 17.6. The first-order chi connectivity index (χ1) is 11.3. The summed E-state index contributed by atoms with van der Waals surface area (Å²) >= 11 is 0. The maximum atomic E-state index is 9.33. The normalized spacial score (nSPS) is 21.3. The van der Waals surface area contributed by atoms with Crippen LogP contribution in [0.5, 0.6) is 0 Å². The predicted octanol–water partition coefficient (Wildman–Crippen LogP) is 4.70. The highest BCUT2D eigenvalue weighted by atomic mass is 16.3. The number of nitrogens with zero attached hydrogens (tertiary/aromatic N) is 2. The molecule has 23 heavy (non-hydrogen) atoms. The molecule has 0 saturated heterocycles. The maximum Gasteiger partial charge on any atom is 0.198 e. The lowest BCUT2D eigenvalue weighted by Gasteiger charge is -2.33. The second kappa shape index (κ2) is 12.7. The number of quaternary nitrogens is 1. The van der Waals surface area contributed by atoms with Crippen molar-refractivity contribution in [3.63, 3.8) is 0 Å². The third-order valence-electron chi connectivity index (χ3n) is 5.15. The highest BCUT2D eigenvalue weighted by Gasteiger charge is 2.35. The zero-order chi connectivity index (χ0) is 16.8. The second-order valence-corrected chi connectivity index (χ2v) is 6.85. The highest BCUT2D eigenvalue weighted by Crippen LogP contribution is 2.19. The molecule has 1 unspecified atom stereocenters. The van der Waals surface area contributed by atoms with Gasteiger partial charge < -0.3 is 5.11 Å². The molecule has 0 aromatic carbocycles. The van der Waals surface area contributed by atoms with Gasteiger partial charge in [0.1, 0.15) is 13.1 Å². The number of hydrogen-bond acceptors (Lipinski definition) is 2. The van der Waals surface area contributed by atoms with E-state index in [4.69, 9.17) is 4.99 Å². The van der Waals surface area contributed by atoms with Gasteiger partial charge in [0.25, 0.3) is 0 Å². The van der Waals surface area contributed by atoms with Crippen molar-refractivity contribution in [1.29, 1.82) is 0 Å². The van der Waals surface area contributed by atoms with E-state index in [2.05, 4.69) is 26.0 Å². The number of aliphatic imine (C=N–C) groups is 1. The van der Waals surface area contributed by atoms with Crippen molar-refractivity contribution < 1.29 is 9.59 Å². The van der Waals surface area contributed by atoms with Gasteiger partial charge in [-0.3, -0.25) is 4.48 Å².